The van der Waals surface area contributed by atoms with Crippen molar-refractivity contribution >= 4 is 40.0 Å². The molecule has 0 saturated heterocycles. The molecule has 0 fully saturated rings. The van der Waals surface area contributed by atoms with Gasteiger partial charge in [0.05, 0.1) is 18.1 Å². The average molecular weight is 510 g/mol. The van der Waals surface area contributed by atoms with Gasteiger partial charge in [0.25, 0.3) is 5.91 Å². The molecule has 0 atom stereocenters. The first-order valence-corrected chi connectivity index (χ1v) is 11.7. The standard InChI is InChI=1S/C13H14ClNOS.C13H13F3O/c1-9(10(2)14)13(16)15-6-5-11(8-15)12-4-3-7-17-12;1-4-10(11-5-6-17-8-11)7-12(9(2)3)13(14,15)16/h3-5,7H,6,8H2,1-2H3;4-8H,2H2,1,3H3/b10-9-;10-4+,12-7+. The lowest BCUT2D eigenvalue weighted by atomic mass is 10.0. The summed E-state index contributed by atoms with van der Waals surface area (Å²) in [6.07, 6.45) is 3.20. The summed E-state index contributed by atoms with van der Waals surface area (Å²) in [5.41, 5.74) is 2.18. The zero-order valence-corrected chi connectivity index (χ0v) is 21.1. The molecule has 0 unspecified atom stereocenters. The molecule has 3 rings (SSSR count). The van der Waals surface area contributed by atoms with E-state index in [0.717, 1.165) is 6.08 Å². The van der Waals surface area contributed by atoms with Gasteiger partial charge in [-0.1, -0.05) is 36.4 Å². The predicted octanol–water partition coefficient (Wildman–Crippen LogP) is 8.25. The summed E-state index contributed by atoms with van der Waals surface area (Å²) in [7, 11) is 0. The number of allylic oxidation sites excluding steroid dienone is 6. The highest BCUT2D eigenvalue weighted by molar-refractivity contribution is 7.11. The maximum atomic E-state index is 12.7. The number of carbonyl (C=O) groups is 1. The number of hydrogen-bond acceptors (Lipinski definition) is 3. The van der Waals surface area contributed by atoms with Gasteiger partial charge in [-0.3, -0.25) is 4.79 Å². The van der Waals surface area contributed by atoms with Gasteiger partial charge in [0, 0.05) is 34.1 Å². The number of thiophene rings is 1. The second-order valence-corrected chi connectivity index (χ2v) is 9.16. The number of hydrogen-bond donors (Lipinski definition) is 0. The highest BCUT2D eigenvalue weighted by atomic mass is 35.5. The zero-order valence-electron chi connectivity index (χ0n) is 19.5. The van der Waals surface area contributed by atoms with Crippen molar-refractivity contribution in [3.05, 3.63) is 93.1 Å². The van der Waals surface area contributed by atoms with Gasteiger partial charge in [-0.2, -0.15) is 13.2 Å². The van der Waals surface area contributed by atoms with Crippen LogP contribution in [-0.4, -0.2) is 30.1 Å². The molecule has 3 heterocycles. The Labute approximate surface area is 207 Å². The third-order valence-electron chi connectivity index (χ3n) is 5.11. The van der Waals surface area contributed by atoms with Crippen LogP contribution in [0.1, 0.15) is 38.1 Å². The molecule has 0 saturated carbocycles. The number of amides is 1. The van der Waals surface area contributed by atoms with Gasteiger partial charge in [0.2, 0.25) is 0 Å². The van der Waals surface area contributed by atoms with Crippen LogP contribution >= 0.6 is 22.9 Å². The molecule has 0 radical (unpaired) electrons. The summed E-state index contributed by atoms with van der Waals surface area (Å²) in [6.45, 7) is 11.2. The van der Waals surface area contributed by atoms with Crippen LogP contribution in [0.5, 0.6) is 0 Å². The highest BCUT2D eigenvalue weighted by Gasteiger charge is 2.34. The van der Waals surface area contributed by atoms with Crippen LogP contribution in [0.2, 0.25) is 0 Å². The van der Waals surface area contributed by atoms with Crippen LogP contribution in [0.4, 0.5) is 13.2 Å². The number of nitrogens with zero attached hydrogens (tertiary/aromatic N) is 1. The summed E-state index contributed by atoms with van der Waals surface area (Å²) in [5.74, 6) is 0.0281. The van der Waals surface area contributed by atoms with E-state index in [0.29, 0.717) is 34.8 Å². The van der Waals surface area contributed by atoms with Crippen LogP contribution in [0.25, 0.3) is 11.1 Å². The molecule has 0 aromatic carbocycles. The van der Waals surface area contributed by atoms with Gasteiger partial charge in [0.15, 0.2) is 0 Å². The molecule has 0 N–H and O–H groups in total. The second kappa shape index (κ2) is 12.1. The van der Waals surface area contributed by atoms with E-state index in [9.17, 15) is 18.0 Å². The molecule has 1 amide bonds. The van der Waals surface area contributed by atoms with E-state index in [1.54, 1.807) is 44.3 Å². The molecule has 182 valence electrons. The van der Waals surface area contributed by atoms with Crippen molar-refractivity contribution in [2.24, 2.45) is 0 Å². The highest BCUT2D eigenvalue weighted by Crippen LogP contribution is 2.33. The lowest BCUT2D eigenvalue weighted by molar-refractivity contribution is -0.125. The molecule has 2 aromatic rings. The van der Waals surface area contributed by atoms with Crippen LogP contribution in [0, 0.1) is 0 Å². The van der Waals surface area contributed by atoms with Crippen LogP contribution in [0.15, 0.2) is 87.1 Å². The maximum Gasteiger partial charge on any atom is 0.416 e. The molecule has 8 heteroatoms. The van der Waals surface area contributed by atoms with Crippen molar-refractivity contribution in [2.75, 3.05) is 13.1 Å². The minimum atomic E-state index is -4.40. The fraction of sp³-hybridized carbons (Fsp3) is 0.269. The fourth-order valence-electron chi connectivity index (χ4n) is 3.10. The third kappa shape index (κ3) is 7.37. The molecule has 3 nitrogen and oxygen atoms in total. The van der Waals surface area contributed by atoms with Crippen molar-refractivity contribution in [3.63, 3.8) is 0 Å². The molecular weight excluding hydrogens is 483 g/mol. The third-order valence-corrected chi connectivity index (χ3v) is 6.34. The van der Waals surface area contributed by atoms with Crippen molar-refractivity contribution in [1.29, 1.82) is 0 Å². The van der Waals surface area contributed by atoms with Crippen molar-refractivity contribution in [1.82, 2.24) is 4.90 Å². The Kier molecular flexibility index (Phi) is 9.77. The minimum Gasteiger partial charge on any atom is -0.472 e. The second-order valence-electron chi connectivity index (χ2n) is 7.64. The quantitative estimate of drug-likeness (QED) is 0.300. The molecule has 0 bridgehead atoms. The van der Waals surface area contributed by atoms with Gasteiger partial charge < -0.3 is 9.32 Å². The Balaban J connectivity index is 0.000000240. The predicted molar refractivity (Wildman–Crippen MR) is 134 cm³/mol. The van der Waals surface area contributed by atoms with Gasteiger partial charge in [-0.05, 0) is 68.0 Å². The van der Waals surface area contributed by atoms with Crippen LogP contribution in [-0.2, 0) is 4.79 Å². The topological polar surface area (TPSA) is 33.5 Å². The molecule has 2 aromatic heterocycles. The van der Waals surface area contributed by atoms with E-state index in [4.69, 9.17) is 16.0 Å². The van der Waals surface area contributed by atoms with Crippen molar-refractivity contribution in [3.8, 4) is 0 Å². The molecule has 34 heavy (non-hydrogen) atoms. The van der Waals surface area contributed by atoms with Gasteiger partial charge >= 0.3 is 6.18 Å². The average Bonchev–Trinajstić information content (AvgIpc) is 3.54. The van der Waals surface area contributed by atoms with E-state index in [2.05, 4.69) is 24.1 Å². The van der Waals surface area contributed by atoms with E-state index in [1.807, 2.05) is 11.0 Å². The Morgan fingerprint density at radius 3 is 2.44 bits per heavy atom. The number of furan rings is 1. The number of halogens is 4. The number of carbonyl (C=O) groups excluding carboxylic acids is 1. The molecule has 1 aliphatic rings. The SMILES string of the molecule is C/C(Cl)=C(\C)C(=O)N1CC=C(c2cccs2)C1.C=C(C)/C(=C\C(=C/C)c1ccoc1)C(F)(F)F. The first-order chi connectivity index (χ1) is 16.0. The molecule has 1 aliphatic heterocycles. The van der Waals surface area contributed by atoms with Crippen molar-refractivity contribution in [2.45, 2.75) is 33.9 Å². The zero-order chi connectivity index (χ0) is 25.5. The molecule has 0 spiro atoms. The molecule has 0 aliphatic carbocycles. The van der Waals surface area contributed by atoms with Gasteiger partial charge in [-0.15, -0.1) is 11.3 Å². The van der Waals surface area contributed by atoms with Crippen LogP contribution in [0.3, 0.4) is 0 Å². The Morgan fingerprint density at radius 1 is 1.26 bits per heavy atom. The van der Waals surface area contributed by atoms with E-state index < -0.39 is 11.7 Å². The summed E-state index contributed by atoms with van der Waals surface area (Å²) in [4.78, 5) is 15.1. The van der Waals surface area contributed by atoms with Crippen molar-refractivity contribution < 1.29 is 22.4 Å². The summed E-state index contributed by atoms with van der Waals surface area (Å²) in [6, 6.07) is 5.72. The summed E-state index contributed by atoms with van der Waals surface area (Å²) in [5, 5.41) is 2.62. The summed E-state index contributed by atoms with van der Waals surface area (Å²) >= 11 is 7.56. The largest absolute Gasteiger partial charge is 0.472 e. The fourth-order valence-corrected chi connectivity index (χ4v) is 3.94. The Bertz CT molecular complexity index is 1120. The van der Waals surface area contributed by atoms with E-state index in [1.165, 1.54) is 29.9 Å². The maximum absolute atomic E-state index is 12.7. The number of rotatable bonds is 5. The van der Waals surface area contributed by atoms with Gasteiger partial charge in [-0.25, -0.2) is 0 Å². The van der Waals surface area contributed by atoms with E-state index >= 15 is 0 Å². The Morgan fingerprint density at radius 2 is 1.97 bits per heavy atom. The first kappa shape index (κ1) is 27.5. The normalized spacial score (nSPS) is 15.4. The Hall–Kier alpha value is -2.77. The first-order valence-electron chi connectivity index (χ1n) is 10.4. The van der Waals surface area contributed by atoms with Crippen LogP contribution < -0.4 is 0 Å². The van der Waals surface area contributed by atoms with Gasteiger partial charge in [0.1, 0.15) is 0 Å². The lowest BCUT2D eigenvalue weighted by Gasteiger charge is -2.17. The smallest absolute Gasteiger partial charge is 0.416 e. The lowest BCUT2D eigenvalue weighted by Crippen LogP contribution is -2.29. The monoisotopic (exact) mass is 509 g/mol. The van der Waals surface area contributed by atoms with E-state index in [-0.39, 0.29) is 11.5 Å². The number of alkyl halides is 3. The minimum absolute atomic E-state index is 0.0136. The summed E-state index contributed by atoms with van der Waals surface area (Å²) < 4.78 is 43.0. The molecular formula is C26H27ClF3NO2S.